The van der Waals surface area contributed by atoms with Crippen molar-refractivity contribution < 1.29 is 18.0 Å². The Kier molecular flexibility index (Phi) is 3.15. The van der Waals surface area contributed by atoms with Crippen LogP contribution in [-0.2, 0) is 11.0 Å². The van der Waals surface area contributed by atoms with E-state index in [9.17, 15) is 18.0 Å². The second kappa shape index (κ2) is 4.24. The number of para-hydroxylation sites is 1. The molecule has 0 spiro atoms. The first-order valence-corrected chi connectivity index (χ1v) is 6.46. The molecule has 1 saturated carbocycles. The number of carbonyl (C=O) groups is 1. The molecule has 2 rings (SSSR count). The van der Waals surface area contributed by atoms with Crippen LogP contribution in [0, 0.1) is 16.7 Å². The Hall–Kier alpha value is -1.52. The minimum atomic E-state index is -4.47. The van der Waals surface area contributed by atoms with Crippen molar-refractivity contribution in [3.05, 3.63) is 29.8 Å². The highest BCUT2D eigenvalue weighted by molar-refractivity contribution is 5.96. The van der Waals surface area contributed by atoms with E-state index in [0.717, 1.165) is 6.07 Å². The molecule has 1 aromatic carbocycles. The van der Waals surface area contributed by atoms with Crippen LogP contribution in [0.25, 0.3) is 0 Å². The molecule has 1 aliphatic carbocycles. The van der Waals surface area contributed by atoms with Crippen molar-refractivity contribution in [3.63, 3.8) is 0 Å². The summed E-state index contributed by atoms with van der Waals surface area (Å²) in [6.45, 7) is 7.81. The number of hydrogen-bond acceptors (Lipinski definition) is 1. The summed E-state index contributed by atoms with van der Waals surface area (Å²) < 4.78 is 38.6. The van der Waals surface area contributed by atoms with Gasteiger partial charge < -0.3 is 5.32 Å². The standard InChI is InChI=1S/C15H18F3NO/c1-13(2)11(14(13,3)4)12(20)19-10-8-6-5-7-9(10)15(16,17)18/h5-8,11H,1-4H3,(H,19,20). The molecule has 1 fully saturated rings. The number of halogens is 3. The van der Waals surface area contributed by atoms with Crippen LogP contribution in [0.4, 0.5) is 18.9 Å². The van der Waals surface area contributed by atoms with E-state index >= 15 is 0 Å². The van der Waals surface area contributed by atoms with E-state index in [4.69, 9.17) is 0 Å². The molecule has 1 amide bonds. The number of amides is 1. The van der Waals surface area contributed by atoms with E-state index in [-0.39, 0.29) is 28.3 Å². The Morgan fingerprint density at radius 1 is 1.10 bits per heavy atom. The van der Waals surface area contributed by atoms with Crippen LogP contribution >= 0.6 is 0 Å². The van der Waals surface area contributed by atoms with Crippen LogP contribution in [0.5, 0.6) is 0 Å². The smallest absolute Gasteiger partial charge is 0.325 e. The van der Waals surface area contributed by atoms with Crippen LogP contribution < -0.4 is 5.32 Å². The molecule has 5 heteroatoms. The van der Waals surface area contributed by atoms with Crippen molar-refractivity contribution in [2.45, 2.75) is 33.9 Å². The third-order valence-electron chi connectivity index (χ3n) is 4.77. The summed E-state index contributed by atoms with van der Waals surface area (Å²) >= 11 is 0. The first kappa shape index (κ1) is 14.9. The third kappa shape index (κ3) is 2.19. The first-order chi connectivity index (χ1) is 8.99. The lowest BCUT2D eigenvalue weighted by atomic mass is 10.0. The van der Waals surface area contributed by atoms with Crippen molar-refractivity contribution in [1.29, 1.82) is 0 Å². The molecule has 0 aliphatic heterocycles. The Balaban J connectivity index is 2.23. The number of benzene rings is 1. The number of rotatable bonds is 2. The summed E-state index contributed by atoms with van der Waals surface area (Å²) in [5, 5.41) is 2.43. The number of hydrogen-bond donors (Lipinski definition) is 1. The van der Waals surface area contributed by atoms with Gasteiger partial charge in [-0.2, -0.15) is 13.2 Å². The fourth-order valence-corrected chi connectivity index (χ4v) is 2.90. The molecule has 0 aromatic heterocycles. The molecule has 1 N–H and O–H groups in total. The lowest BCUT2D eigenvalue weighted by Gasteiger charge is -2.14. The lowest BCUT2D eigenvalue weighted by Crippen LogP contribution is -2.20. The Labute approximate surface area is 116 Å². The zero-order valence-electron chi connectivity index (χ0n) is 11.9. The van der Waals surface area contributed by atoms with E-state index in [0.29, 0.717) is 0 Å². The second-order valence-corrected chi connectivity index (χ2v) is 6.41. The molecule has 0 saturated heterocycles. The summed E-state index contributed by atoms with van der Waals surface area (Å²) in [5.74, 6) is -0.631. The van der Waals surface area contributed by atoms with Gasteiger partial charge in [-0.3, -0.25) is 4.79 Å². The maximum Gasteiger partial charge on any atom is 0.418 e. The minimum absolute atomic E-state index is 0.177. The predicted octanol–water partition coefficient (Wildman–Crippen LogP) is 4.33. The number of anilines is 1. The summed E-state index contributed by atoms with van der Waals surface area (Å²) in [4.78, 5) is 12.2. The van der Waals surface area contributed by atoms with E-state index in [1.165, 1.54) is 18.2 Å². The fourth-order valence-electron chi connectivity index (χ4n) is 2.90. The quantitative estimate of drug-likeness (QED) is 0.861. The molecule has 1 aliphatic rings. The highest BCUT2D eigenvalue weighted by atomic mass is 19.4. The number of alkyl halides is 3. The van der Waals surface area contributed by atoms with Crippen LogP contribution in [0.2, 0.25) is 0 Å². The predicted molar refractivity (Wildman–Crippen MR) is 71.1 cm³/mol. The molecular weight excluding hydrogens is 267 g/mol. The highest BCUT2D eigenvalue weighted by Crippen LogP contribution is 2.68. The summed E-state index contributed by atoms with van der Waals surface area (Å²) in [6.07, 6.45) is -4.47. The molecule has 1 aromatic rings. The number of carbonyl (C=O) groups excluding carboxylic acids is 1. The van der Waals surface area contributed by atoms with Gasteiger partial charge in [0, 0.05) is 5.92 Å². The highest BCUT2D eigenvalue weighted by Gasteiger charge is 2.68. The first-order valence-electron chi connectivity index (χ1n) is 6.46. The molecular formula is C15H18F3NO. The zero-order valence-corrected chi connectivity index (χ0v) is 11.9. The fraction of sp³-hybridized carbons (Fsp3) is 0.533. The van der Waals surface area contributed by atoms with Crippen LogP contribution in [0.1, 0.15) is 33.3 Å². The normalized spacial score (nSPS) is 20.6. The summed E-state index contributed by atoms with van der Waals surface area (Å²) in [6, 6.07) is 5.04. The van der Waals surface area contributed by atoms with Crippen molar-refractivity contribution in [3.8, 4) is 0 Å². The molecule has 0 bridgehead atoms. The molecule has 0 heterocycles. The van der Waals surface area contributed by atoms with Gasteiger partial charge in [-0.25, -0.2) is 0 Å². The van der Waals surface area contributed by atoms with Crippen molar-refractivity contribution in [1.82, 2.24) is 0 Å². The van der Waals surface area contributed by atoms with Gasteiger partial charge in [-0.1, -0.05) is 39.8 Å². The molecule has 0 atom stereocenters. The van der Waals surface area contributed by atoms with Crippen LogP contribution in [0.15, 0.2) is 24.3 Å². The van der Waals surface area contributed by atoms with Gasteiger partial charge in [0.25, 0.3) is 0 Å². The number of nitrogens with one attached hydrogen (secondary N) is 1. The third-order valence-corrected chi connectivity index (χ3v) is 4.77. The Morgan fingerprint density at radius 3 is 2.05 bits per heavy atom. The second-order valence-electron chi connectivity index (χ2n) is 6.41. The molecule has 0 radical (unpaired) electrons. The van der Waals surface area contributed by atoms with Gasteiger partial charge in [0.2, 0.25) is 5.91 Å². The van der Waals surface area contributed by atoms with Crippen LogP contribution in [-0.4, -0.2) is 5.91 Å². The van der Waals surface area contributed by atoms with E-state index in [2.05, 4.69) is 5.32 Å². The molecule has 2 nitrogen and oxygen atoms in total. The summed E-state index contributed by atoms with van der Waals surface area (Å²) in [7, 11) is 0. The van der Waals surface area contributed by atoms with Gasteiger partial charge in [0.1, 0.15) is 0 Å². The van der Waals surface area contributed by atoms with Crippen LogP contribution in [0.3, 0.4) is 0 Å². The van der Waals surface area contributed by atoms with Crippen molar-refractivity contribution >= 4 is 11.6 Å². The maximum absolute atomic E-state index is 12.9. The lowest BCUT2D eigenvalue weighted by molar-refractivity contribution is -0.137. The van der Waals surface area contributed by atoms with Gasteiger partial charge in [-0.05, 0) is 23.0 Å². The van der Waals surface area contributed by atoms with Gasteiger partial charge >= 0.3 is 6.18 Å². The topological polar surface area (TPSA) is 29.1 Å². The zero-order chi connectivity index (χ0) is 15.3. The van der Waals surface area contributed by atoms with Gasteiger partial charge in [-0.15, -0.1) is 0 Å². The minimum Gasteiger partial charge on any atom is -0.325 e. The monoisotopic (exact) mass is 285 g/mol. The maximum atomic E-state index is 12.9. The average molecular weight is 285 g/mol. The largest absolute Gasteiger partial charge is 0.418 e. The van der Waals surface area contributed by atoms with Gasteiger partial charge in [0.05, 0.1) is 11.3 Å². The molecule has 110 valence electrons. The Bertz CT molecular complexity index is 532. The summed E-state index contributed by atoms with van der Waals surface area (Å²) in [5.41, 5.74) is -1.40. The Morgan fingerprint density at radius 2 is 1.60 bits per heavy atom. The average Bonchev–Trinajstić information content (AvgIpc) is 2.68. The van der Waals surface area contributed by atoms with E-state index < -0.39 is 11.7 Å². The molecule has 0 unspecified atom stereocenters. The van der Waals surface area contributed by atoms with Crippen molar-refractivity contribution in [2.24, 2.45) is 16.7 Å². The SMILES string of the molecule is CC1(C)C(C(=O)Nc2ccccc2C(F)(F)F)C1(C)C. The molecule has 20 heavy (non-hydrogen) atoms. The van der Waals surface area contributed by atoms with E-state index in [1.807, 2.05) is 27.7 Å². The van der Waals surface area contributed by atoms with E-state index in [1.54, 1.807) is 0 Å². The van der Waals surface area contributed by atoms with Gasteiger partial charge in [0.15, 0.2) is 0 Å². The van der Waals surface area contributed by atoms with Crippen molar-refractivity contribution in [2.75, 3.05) is 5.32 Å².